The summed E-state index contributed by atoms with van der Waals surface area (Å²) < 4.78 is 60.1. The summed E-state index contributed by atoms with van der Waals surface area (Å²) in [5, 5.41) is 2.83. The Morgan fingerprint density at radius 3 is 2.45 bits per heavy atom. The van der Waals surface area contributed by atoms with Crippen molar-refractivity contribution >= 4 is 15.4 Å². The van der Waals surface area contributed by atoms with Gasteiger partial charge < -0.3 is 10.1 Å². The normalized spacial score (nSPS) is 14.9. The minimum Gasteiger partial charge on any atom is -0.404 e. The van der Waals surface area contributed by atoms with Crippen LogP contribution >= 0.6 is 0 Å². The van der Waals surface area contributed by atoms with Gasteiger partial charge in [0.1, 0.15) is 0 Å². The molecule has 114 valence electrons. The third kappa shape index (κ3) is 5.28. The van der Waals surface area contributed by atoms with E-state index in [0.29, 0.717) is 6.54 Å². The van der Waals surface area contributed by atoms with E-state index in [1.807, 2.05) is 13.8 Å². The largest absolute Gasteiger partial charge is 0.573 e. The smallest absolute Gasteiger partial charge is 0.404 e. The molecular weight excluding hydrogens is 293 g/mol. The van der Waals surface area contributed by atoms with Gasteiger partial charge in [0.05, 0.1) is 20.3 Å². The number of anilines is 1. The van der Waals surface area contributed by atoms with Crippen molar-refractivity contribution in [2.75, 3.05) is 18.1 Å². The Balaban J connectivity index is 3.16. The third-order valence-electron chi connectivity index (χ3n) is 2.33. The van der Waals surface area contributed by atoms with Crippen molar-refractivity contribution in [2.24, 2.45) is 5.92 Å². The van der Waals surface area contributed by atoms with Crippen molar-refractivity contribution in [1.29, 1.82) is 4.78 Å². The molecule has 0 fully saturated rings. The topological polar surface area (TPSA) is 62.2 Å². The Morgan fingerprint density at radius 2 is 2.00 bits per heavy atom. The molecule has 1 rings (SSSR count). The predicted molar refractivity (Wildman–Crippen MR) is 71.5 cm³/mol. The molecule has 20 heavy (non-hydrogen) atoms. The van der Waals surface area contributed by atoms with Crippen LogP contribution in [-0.4, -0.2) is 23.4 Å². The lowest BCUT2D eigenvalue weighted by Crippen LogP contribution is -2.19. The van der Waals surface area contributed by atoms with Crippen molar-refractivity contribution in [1.82, 2.24) is 0 Å². The van der Waals surface area contributed by atoms with Crippen LogP contribution in [0.15, 0.2) is 23.1 Å². The second-order valence-electron chi connectivity index (χ2n) is 4.82. The number of rotatable bonds is 5. The van der Waals surface area contributed by atoms with Crippen molar-refractivity contribution in [3.05, 3.63) is 18.2 Å². The van der Waals surface area contributed by atoms with Crippen LogP contribution < -0.4 is 10.1 Å². The van der Waals surface area contributed by atoms with E-state index >= 15 is 0 Å². The van der Waals surface area contributed by atoms with Gasteiger partial charge in [-0.05, 0) is 24.1 Å². The molecule has 0 saturated carbocycles. The number of hydrogen-bond donors (Lipinski definition) is 2. The molecule has 0 heterocycles. The molecule has 0 aliphatic carbocycles. The number of hydrogen-bond acceptors (Lipinski definition) is 4. The second kappa shape index (κ2) is 5.90. The molecule has 0 aliphatic heterocycles. The molecule has 1 aromatic carbocycles. The van der Waals surface area contributed by atoms with Crippen molar-refractivity contribution in [3.63, 3.8) is 0 Å². The van der Waals surface area contributed by atoms with Crippen LogP contribution in [0, 0.1) is 10.7 Å². The second-order valence-corrected chi connectivity index (χ2v) is 6.98. The van der Waals surface area contributed by atoms with Gasteiger partial charge in [0.15, 0.2) is 5.75 Å². The Bertz CT molecular complexity index is 569. The van der Waals surface area contributed by atoms with Gasteiger partial charge in [-0.3, -0.25) is 0 Å². The lowest BCUT2D eigenvalue weighted by atomic mass is 10.2. The van der Waals surface area contributed by atoms with Crippen LogP contribution in [-0.2, 0) is 9.73 Å². The minimum absolute atomic E-state index is 0.00755. The first-order valence-corrected chi connectivity index (χ1v) is 7.83. The molecule has 0 bridgehead atoms. The highest BCUT2D eigenvalue weighted by molar-refractivity contribution is 7.91. The number of halogens is 3. The van der Waals surface area contributed by atoms with Gasteiger partial charge in [-0.15, -0.1) is 13.2 Å². The molecule has 0 aliphatic rings. The lowest BCUT2D eigenvalue weighted by Gasteiger charge is -2.17. The number of nitrogens with one attached hydrogen (secondary N) is 2. The molecule has 1 atom stereocenters. The Hall–Kier alpha value is -1.44. The minimum atomic E-state index is -4.84. The third-order valence-corrected chi connectivity index (χ3v) is 3.48. The quantitative estimate of drug-likeness (QED) is 0.872. The molecule has 0 amide bonds. The van der Waals surface area contributed by atoms with E-state index < -0.39 is 21.8 Å². The summed E-state index contributed by atoms with van der Waals surface area (Å²) in [6.45, 7) is 4.29. The van der Waals surface area contributed by atoms with Crippen LogP contribution in [0.5, 0.6) is 5.75 Å². The summed E-state index contributed by atoms with van der Waals surface area (Å²) in [4.78, 5) is -0.00755. The summed E-state index contributed by atoms with van der Waals surface area (Å²) in [6, 6.07) is 3.70. The van der Waals surface area contributed by atoms with Gasteiger partial charge in [0.2, 0.25) is 0 Å². The highest BCUT2D eigenvalue weighted by Gasteiger charge is 2.32. The van der Waals surface area contributed by atoms with E-state index in [-0.39, 0.29) is 16.5 Å². The van der Waals surface area contributed by atoms with E-state index in [1.165, 1.54) is 12.1 Å². The number of benzene rings is 1. The maximum atomic E-state index is 12.4. The predicted octanol–water partition coefficient (Wildman–Crippen LogP) is 3.69. The first-order valence-electron chi connectivity index (χ1n) is 5.86. The Morgan fingerprint density at radius 1 is 1.40 bits per heavy atom. The lowest BCUT2D eigenvalue weighted by molar-refractivity contribution is -0.274. The fraction of sp³-hybridized carbons (Fsp3) is 0.500. The van der Waals surface area contributed by atoms with Gasteiger partial charge in [0.25, 0.3) is 0 Å². The molecule has 1 aromatic rings. The molecule has 8 heteroatoms. The molecule has 2 N–H and O–H groups in total. The monoisotopic (exact) mass is 310 g/mol. The van der Waals surface area contributed by atoms with Crippen molar-refractivity contribution in [2.45, 2.75) is 25.1 Å². The highest BCUT2D eigenvalue weighted by atomic mass is 32.2. The van der Waals surface area contributed by atoms with Crippen LogP contribution in [0.4, 0.5) is 18.9 Å². The molecule has 0 saturated heterocycles. The molecule has 0 aromatic heterocycles. The molecule has 0 spiro atoms. The summed E-state index contributed by atoms with van der Waals surface area (Å²) in [5.74, 6) is -0.238. The fourth-order valence-corrected chi connectivity index (χ4v) is 2.07. The van der Waals surface area contributed by atoms with Gasteiger partial charge >= 0.3 is 6.36 Å². The maximum Gasteiger partial charge on any atom is 0.573 e. The van der Waals surface area contributed by atoms with Crippen LogP contribution in [0.25, 0.3) is 0 Å². The van der Waals surface area contributed by atoms with E-state index in [1.54, 1.807) is 0 Å². The first-order chi connectivity index (χ1) is 8.99. The Kier molecular flexibility index (Phi) is 4.90. The fourth-order valence-electron chi connectivity index (χ4n) is 1.41. The zero-order valence-corrected chi connectivity index (χ0v) is 12.2. The van der Waals surface area contributed by atoms with Crippen LogP contribution in [0.1, 0.15) is 13.8 Å². The summed E-state index contributed by atoms with van der Waals surface area (Å²) >= 11 is 0. The SMILES string of the molecule is CC(C)CNc1ccc([S@](C)(=N)=O)cc1OC(F)(F)F. The van der Waals surface area contributed by atoms with Crippen molar-refractivity contribution in [3.8, 4) is 5.75 Å². The van der Waals surface area contributed by atoms with Gasteiger partial charge in [-0.1, -0.05) is 13.8 Å². The average Bonchev–Trinajstić information content (AvgIpc) is 2.23. The van der Waals surface area contributed by atoms with Crippen LogP contribution in [0.2, 0.25) is 0 Å². The van der Waals surface area contributed by atoms with E-state index in [2.05, 4.69) is 10.1 Å². The van der Waals surface area contributed by atoms with Crippen molar-refractivity contribution < 1.29 is 22.1 Å². The number of alkyl halides is 3. The molecular formula is C12H17F3N2O2S. The summed E-state index contributed by atoms with van der Waals surface area (Å²) in [6.07, 6.45) is -3.70. The Labute approximate surface area is 116 Å². The van der Waals surface area contributed by atoms with E-state index in [9.17, 15) is 17.4 Å². The highest BCUT2D eigenvalue weighted by Crippen LogP contribution is 2.32. The number of ether oxygens (including phenoxy) is 1. The summed E-state index contributed by atoms with van der Waals surface area (Å²) in [7, 11) is -3.10. The average molecular weight is 310 g/mol. The van der Waals surface area contributed by atoms with E-state index in [0.717, 1.165) is 12.3 Å². The van der Waals surface area contributed by atoms with Gasteiger partial charge in [-0.2, -0.15) is 0 Å². The van der Waals surface area contributed by atoms with Crippen LogP contribution in [0.3, 0.4) is 0 Å². The van der Waals surface area contributed by atoms with Gasteiger partial charge in [-0.25, -0.2) is 8.99 Å². The summed E-state index contributed by atoms with van der Waals surface area (Å²) in [5.41, 5.74) is 0.156. The van der Waals surface area contributed by atoms with E-state index in [4.69, 9.17) is 4.78 Å². The maximum absolute atomic E-state index is 12.4. The zero-order chi connectivity index (χ0) is 15.6. The zero-order valence-electron chi connectivity index (χ0n) is 11.4. The molecule has 4 nitrogen and oxygen atoms in total. The molecule has 0 unspecified atom stereocenters. The first kappa shape index (κ1) is 16.6. The van der Waals surface area contributed by atoms with Gasteiger partial charge in [0, 0.05) is 12.8 Å². The standard InChI is InChI=1S/C12H17F3N2O2S/c1-8(2)7-17-10-5-4-9(20(3,16)18)6-11(10)19-12(13,14)15/h4-6,8,16-17H,7H2,1-3H3/t20-/m1/s1. The molecule has 0 radical (unpaired) electrons.